The van der Waals surface area contributed by atoms with Crippen molar-refractivity contribution in [1.82, 2.24) is 14.9 Å². The topological polar surface area (TPSA) is 76.3 Å². The average Bonchev–Trinajstić information content (AvgIpc) is 2.85. The van der Waals surface area contributed by atoms with E-state index in [1.54, 1.807) is 24.5 Å². The first-order valence-corrected chi connectivity index (χ1v) is 12.1. The van der Waals surface area contributed by atoms with Crippen molar-refractivity contribution >= 4 is 34.0 Å². The summed E-state index contributed by atoms with van der Waals surface area (Å²) in [6.07, 6.45) is 3.59. The van der Waals surface area contributed by atoms with Crippen LogP contribution in [0, 0.1) is 5.82 Å². The van der Waals surface area contributed by atoms with Gasteiger partial charge in [0.2, 0.25) is 0 Å². The van der Waals surface area contributed by atoms with Crippen LogP contribution in [-0.2, 0) is 13.2 Å². The smallest absolute Gasteiger partial charge is 0.142 e. The first-order chi connectivity index (χ1) is 17.0. The summed E-state index contributed by atoms with van der Waals surface area (Å²) in [6, 6.07) is 18.2. The van der Waals surface area contributed by atoms with Crippen LogP contribution in [0.15, 0.2) is 67.0 Å². The maximum Gasteiger partial charge on any atom is 0.142 e. The molecule has 3 N–H and O–H groups in total. The molecule has 3 aromatic carbocycles. The molecule has 5 rings (SSSR count). The Morgan fingerprint density at radius 1 is 1.06 bits per heavy atom. The van der Waals surface area contributed by atoms with Crippen LogP contribution in [-0.4, -0.2) is 34.0 Å². The van der Waals surface area contributed by atoms with E-state index in [2.05, 4.69) is 26.3 Å². The highest BCUT2D eigenvalue weighted by Gasteiger charge is 2.18. The Morgan fingerprint density at radius 3 is 2.69 bits per heavy atom. The van der Waals surface area contributed by atoms with Gasteiger partial charge in [0.1, 0.15) is 30.3 Å². The SMILES string of the molecule is NC1CCN(Cc2cccc3ncnc(Nc4ccc(OCc5cccc(F)c5)c(Cl)c4)c23)CC1. The Morgan fingerprint density at radius 2 is 1.89 bits per heavy atom. The number of hydrogen-bond donors (Lipinski definition) is 2. The summed E-state index contributed by atoms with van der Waals surface area (Å²) in [5, 5.41) is 4.85. The fourth-order valence-electron chi connectivity index (χ4n) is 4.38. The molecule has 1 saturated heterocycles. The standard InChI is InChI=1S/C27H27ClFN5O/c28-23-14-22(7-8-25(23)35-16-18-3-1-5-20(29)13-18)33-27-26-19(4-2-6-24(26)31-17-32-27)15-34-11-9-21(30)10-12-34/h1-8,13-14,17,21H,9-12,15-16,30H2,(H,31,32,33). The van der Waals surface area contributed by atoms with Crippen LogP contribution in [0.2, 0.25) is 5.02 Å². The lowest BCUT2D eigenvalue weighted by Crippen LogP contribution is -2.39. The fourth-order valence-corrected chi connectivity index (χ4v) is 4.61. The van der Waals surface area contributed by atoms with E-state index in [4.69, 9.17) is 22.1 Å². The molecule has 0 radical (unpaired) electrons. The number of ether oxygens (including phenoxy) is 1. The number of hydrogen-bond acceptors (Lipinski definition) is 6. The molecule has 1 aromatic heterocycles. The van der Waals surface area contributed by atoms with Crippen molar-refractivity contribution in [2.45, 2.75) is 32.0 Å². The second-order valence-corrected chi connectivity index (χ2v) is 9.24. The summed E-state index contributed by atoms with van der Waals surface area (Å²) >= 11 is 6.49. The van der Waals surface area contributed by atoms with Crippen LogP contribution in [0.1, 0.15) is 24.0 Å². The van der Waals surface area contributed by atoms with Crippen molar-refractivity contribution in [3.63, 3.8) is 0 Å². The van der Waals surface area contributed by atoms with E-state index < -0.39 is 0 Å². The third-order valence-corrected chi connectivity index (χ3v) is 6.55. The predicted molar refractivity (Wildman–Crippen MR) is 137 cm³/mol. The minimum atomic E-state index is -0.294. The van der Waals surface area contributed by atoms with E-state index in [1.807, 2.05) is 24.3 Å². The predicted octanol–water partition coefficient (Wildman–Crippen LogP) is 5.67. The molecule has 0 atom stereocenters. The zero-order valence-corrected chi connectivity index (χ0v) is 20.0. The van der Waals surface area contributed by atoms with Gasteiger partial charge in [-0.05, 0) is 73.5 Å². The number of rotatable bonds is 7. The van der Waals surface area contributed by atoms with E-state index in [1.165, 1.54) is 17.7 Å². The average molecular weight is 492 g/mol. The van der Waals surface area contributed by atoms with E-state index in [9.17, 15) is 4.39 Å². The summed E-state index contributed by atoms with van der Waals surface area (Å²) in [5.74, 6) is 0.957. The zero-order chi connectivity index (χ0) is 24.2. The number of nitrogens with one attached hydrogen (secondary N) is 1. The summed E-state index contributed by atoms with van der Waals surface area (Å²) in [6.45, 7) is 3.02. The van der Waals surface area contributed by atoms with Crippen LogP contribution in [0.4, 0.5) is 15.9 Å². The Hall–Kier alpha value is -3.26. The van der Waals surface area contributed by atoms with Gasteiger partial charge in [-0.25, -0.2) is 14.4 Å². The molecule has 0 aliphatic carbocycles. The lowest BCUT2D eigenvalue weighted by molar-refractivity contribution is 0.206. The highest BCUT2D eigenvalue weighted by atomic mass is 35.5. The maximum absolute atomic E-state index is 13.4. The largest absolute Gasteiger partial charge is 0.487 e. The second-order valence-electron chi connectivity index (χ2n) is 8.84. The molecule has 6 nitrogen and oxygen atoms in total. The van der Waals surface area contributed by atoms with Crippen molar-refractivity contribution in [2.24, 2.45) is 5.73 Å². The summed E-state index contributed by atoms with van der Waals surface area (Å²) < 4.78 is 19.2. The van der Waals surface area contributed by atoms with Crippen LogP contribution >= 0.6 is 11.6 Å². The van der Waals surface area contributed by atoms with Crippen molar-refractivity contribution in [3.8, 4) is 5.75 Å². The van der Waals surface area contributed by atoms with Crippen molar-refractivity contribution < 1.29 is 9.13 Å². The van der Waals surface area contributed by atoms with Crippen molar-refractivity contribution in [1.29, 1.82) is 0 Å². The molecule has 180 valence electrons. The second kappa shape index (κ2) is 10.6. The number of halogens is 2. The Balaban J connectivity index is 1.34. The molecule has 8 heteroatoms. The van der Waals surface area contributed by atoms with Crippen LogP contribution < -0.4 is 15.8 Å². The quantitative estimate of drug-likeness (QED) is 0.347. The molecule has 0 amide bonds. The molecule has 0 saturated carbocycles. The molecule has 0 unspecified atom stereocenters. The Bertz CT molecular complexity index is 1320. The van der Waals surface area contributed by atoms with Gasteiger partial charge in [-0.15, -0.1) is 0 Å². The number of fused-ring (bicyclic) bond motifs is 1. The molecule has 4 aromatic rings. The van der Waals surface area contributed by atoms with Crippen LogP contribution in [0.5, 0.6) is 5.75 Å². The van der Waals surface area contributed by atoms with Gasteiger partial charge in [0.05, 0.1) is 10.5 Å². The number of aromatic nitrogens is 2. The highest BCUT2D eigenvalue weighted by molar-refractivity contribution is 6.32. The maximum atomic E-state index is 13.4. The molecule has 1 fully saturated rings. The van der Waals surface area contributed by atoms with Gasteiger partial charge in [0.15, 0.2) is 0 Å². The lowest BCUT2D eigenvalue weighted by Gasteiger charge is -2.30. The van der Waals surface area contributed by atoms with E-state index in [-0.39, 0.29) is 12.4 Å². The van der Waals surface area contributed by atoms with Crippen molar-refractivity contribution in [2.75, 3.05) is 18.4 Å². The minimum Gasteiger partial charge on any atom is -0.487 e. The number of piperidine rings is 1. The highest BCUT2D eigenvalue weighted by Crippen LogP contribution is 2.32. The molecule has 0 spiro atoms. The summed E-state index contributed by atoms with van der Waals surface area (Å²) in [5.41, 5.74) is 9.65. The lowest BCUT2D eigenvalue weighted by atomic mass is 10.0. The molecule has 35 heavy (non-hydrogen) atoms. The molecule has 1 aliphatic rings. The van der Waals surface area contributed by atoms with E-state index in [0.29, 0.717) is 16.8 Å². The summed E-state index contributed by atoms with van der Waals surface area (Å²) in [7, 11) is 0. The number of likely N-dealkylation sites (tertiary alicyclic amines) is 1. The van der Waals surface area contributed by atoms with Gasteiger partial charge in [-0.2, -0.15) is 0 Å². The molecule has 1 aliphatic heterocycles. The Labute approximate surface area is 208 Å². The molecular weight excluding hydrogens is 465 g/mol. The van der Waals surface area contributed by atoms with E-state index in [0.717, 1.165) is 60.4 Å². The fraction of sp³-hybridized carbons (Fsp3) is 0.259. The first-order valence-electron chi connectivity index (χ1n) is 11.7. The zero-order valence-electron chi connectivity index (χ0n) is 19.3. The molecule has 0 bridgehead atoms. The monoisotopic (exact) mass is 491 g/mol. The van der Waals surface area contributed by atoms with Gasteiger partial charge in [0, 0.05) is 23.7 Å². The van der Waals surface area contributed by atoms with Gasteiger partial charge in [0.25, 0.3) is 0 Å². The number of nitrogens with two attached hydrogens (primary N) is 1. The third-order valence-electron chi connectivity index (χ3n) is 6.25. The minimum absolute atomic E-state index is 0.228. The molecule has 2 heterocycles. The van der Waals surface area contributed by atoms with Crippen LogP contribution in [0.25, 0.3) is 10.9 Å². The van der Waals surface area contributed by atoms with Crippen molar-refractivity contribution in [3.05, 3.63) is 89.0 Å². The Kier molecular flexibility index (Phi) is 7.08. The van der Waals surface area contributed by atoms with Gasteiger partial charge < -0.3 is 15.8 Å². The third kappa shape index (κ3) is 5.70. The van der Waals surface area contributed by atoms with Gasteiger partial charge in [-0.3, -0.25) is 4.90 Å². The number of anilines is 2. The number of nitrogens with zero attached hydrogens (tertiary/aromatic N) is 3. The van der Waals surface area contributed by atoms with E-state index >= 15 is 0 Å². The first kappa shape index (κ1) is 23.5. The molecular formula is C27H27ClFN5O. The van der Waals surface area contributed by atoms with Crippen LogP contribution in [0.3, 0.4) is 0 Å². The van der Waals surface area contributed by atoms with Gasteiger partial charge >= 0.3 is 0 Å². The van der Waals surface area contributed by atoms with Gasteiger partial charge in [-0.1, -0.05) is 35.9 Å². The number of benzene rings is 3. The normalized spacial score (nSPS) is 14.8. The summed E-state index contributed by atoms with van der Waals surface area (Å²) in [4.78, 5) is 11.4.